The maximum absolute atomic E-state index is 15.5. The Morgan fingerprint density at radius 3 is 2.67 bits per heavy atom. The second kappa shape index (κ2) is 13.4. The summed E-state index contributed by atoms with van der Waals surface area (Å²) < 4.78 is 21.0. The molecule has 1 aromatic heterocycles. The van der Waals surface area contributed by atoms with Crippen LogP contribution in [-0.4, -0.2) is 28.1 Å². The number of aromatic nitrogens is 2. The van der Waals surface area contributed by atoms with Crippen LogP contribution in [0.4, 0.5) is 4.39 Å². The summed E-state index contributed by atoms with van der Waals surface area (Å²) in [4.78, 5) is 21.3. The number of rotatable bonds is 10. The molecule has 8 heteroatoms. The van der Waals surface area contributed by atoms with Crippen LogP contribution < -0.4 is 10.1 Å². The lowest BCUT2D eigenvalue weighted by Gasteiger charge is -2.21. The molecule has 0 bridgehead atoms. The van der Waals surface area contributed by atoms with Gasteiger partial charge in [0.25, 0.3) is 5.91 Å². The van der Waals surface area contributed by atoms with Crippen LogP contribution in [0, 0.1) is 12.7 Å². The number of ether oxygens (including phenoxy) is 1. The Kier molecular flexibility index (Phi) is 9.65. The van der Waals surface area contributed by atoms with E-state index in [0.29, 0.717) is 34.1 Å². The molecule has 42 heavy (non-hydrogen) atoms. The standard InChI is InChI=1S/C34H33ClFN3O3/c1-6-8-9-13-30-20(3)37-33(38-30)26-11-10-12-28(36)32(26)24-16-14-22(18-27(24)21(4)40)34(41)39-29(7-2)25-17-15-23(35)19-31(25)42-5/h6,8-19,29,40H,4,7H2,1-3,5H3,(H,37,38)(H,39,41)/b8-6-,13-9-. The number of amides is 1. The van der Waals surface area contributed by atoms with E-state index < -0.39 is 5.82 Å². The molecule has 1 heterocycles. The topological polar surface area (TPSA) is 87.2 Å². The molecule has 0 saturated carbocycles. The van der Waals surface area contributed by atoms with Crippen molar-refractivity contribution in [3.8, 4) is 28.3 Å². The molecule has 0 spiro atoms. The predicted octanol–water partition coefficient (Wildman–Crippen LogP) is 8.85. The minimum Gasteiger partial charge on any atom is -0.508 e. The van der Waals surface area contributed by atoms with E-state index in [1.807, 2.05) is 51.1 Å². The van der Waals surface area contributed by atoms with Gasteiger partial charge < -0.3 is 20.1 Å². The maximum atomic E-state index is 15.5. The molecule has 216 valence electrons. The van der Waals surface area contributed by atoms with Gasteiger partial charge in [0.05, 0.1) is 18.8 Å². The Hall–Kier alpha value is -4.62. The molecule has 1 atom stereocenters. The molecule has 0 fully saturated rings. The van der Waals surface area contributed by atoms with Crippen molar-refractivity contribution in [2.75, 3.05) is 7.11 Å². The summed E-state index contributed by atoms with van der Waals surface area (Å²) in [5.74, 6) is -0.142. The van der Waals surface area contributed by atoms with Crippen LogP contribution in [0.2, 0.25) is 5.02 Å². The van der Waals surface area contributed by atoms with Gasteiger partial charge in [0.2, 0.25) is 0 Å². The van der Waals surface area contributed by atoms with Crippen molar-refractivity contribution < 1.29 is 19.0 Å². The predicted molar refractivity (Wildman–Crippen MR) is 168 cm³/mol. The molecule has 3 aromatic carbocycles. The third-order valence-electron chi connectivity index (χ3n) is 6.90. The van der Waals surface area contributed by atoms with Crippen molar-refractivity contribution >= 4 is 29.3 Å². The van der Waals surface area contributed by atoms with Crippen LogP contribution in [0.1, 0.15) is 59.2 Å². The minimum absolute atomic E-state index is 0.225. The van der Waals surface area contributed by atoms with E-state index in [4.69, 9.17) is 16.3 Å². The third-order valence-corrected chi connectivity index (χ3v) is 7.13. The SMILES string of the molecule is C=C(O)c1cc(C(=O)NC(CC)c2ccc(Cl)cc2OC)ccc1-c1c(F)cccc1-c1nc(/C=C\C=C/C)c(C)[nH]1. The Morgan fingerprint density at radius 2 is 1.98 bits per heavy atom. The van der Waals surface area contributed by atoms with E-state index in [9.17, 15) is 9.90 Å². The smallest absolute Gasteiger partial charge is 0.251 e. The molecule has 1 unspecified atom stereocenters. The molecule has 0 radical (unpaired) electrons. The summed E-state index contributed by atoms with van der Waals surface area (Å²) in [6, 6.07) is 14.3. The molecule has 4 aromatic rings. The van der Waals surface area contributed by atoms with Crippen molar-refractivity contribution in [2.45, 2.75) is 33.2 Å². The number of aliphatic hydroxyl groups excluding tert-OH is 1. The molecular weight excluding hydrogens is 553 g/mol. The normalized spacial score (nSPS) is 12.1. The van der Waals surface area contributed by atoms with E-state index in [0.717, 1.165) is 17.0 Å². The van der Waals surface area contributed by atoms with Crippen molar-refractivity contribution in [1.29, 1.82) is 0 Å². The summed E-state index contributed by atoms with van der Waals surface area (Å²) in [7, 11) is 1.55. The number of halogens is 2. The number of aliphatic hydroxyl groups is 1. The number of hydrogen-bond donors (Lipinski definition) is 3. The number of imidazole rings is 1. The summed E-state index contributed by atoms with van der Waals surface area (Å²) in [5, 5.41) is 14.1. The van der Waals surface area contributed by atoms with Gasteiger partial charge in [-0.2, -0.15) is 0 Å². The van der Waals surface area contributed by atoms with Crippen molar-refractivity contribution in [3.63, 3.8) is 0 Å². The van der Waals surface area contributed by atoms with Crippen LogP contribution >= 0.6 is 11.6 Å². The first-order valence-electron chi connectivity index (χ1n) is 13.5. The maximum Gasteiger partial charge on any atom is 0.251 e. The zero-order valence-corrected chi connectivity index (χ0v) is 24.7. The molecule has 0 saturated heterocycles. The number of hydrogen-bond acceptors (Lipinski definition) is 4. The number of methoxy groups -OCH3 is 1. The molecule has 4 rings (SSSR count). The van der Waals surface area contributed by atoms with Gasteiger partial charge >= 0.3 is 0 Å². The minimum atomic E-state index is -0.506. The van der Waals surface area contributed by atoms with Crippen molar-refractivity contribution in [2.24, 2.45) is 0 Å². The summed E-state index contributed by atoms with van der Waals surface area (Å²) in [5.41, 5.74) is 3.93. The highest BCUT2D eigenvalue weighted by Crippen LogP contribution is 2.38. The molecule has 6 nitrogen and oxygen atoms in total. The lowest BCUT2D eigenvalue weighted by molar-refractivity contribution is 0.0935. The van der Waals surface area contributed by atoms with Crippen molar-refractivity contribution in [1.82, 2.24) is 15.3 Å². The van der Waals surface area contributed by atoms with Gasteiger partial charge in [0.15, 0.2) is 0 Å². The first kappa shape index (κ1) is 30.3. The van der Waals surface area contributed by atoms with Gasteiger partial charge in [-0.05, 0) is 62.2 Å². The van der Waals surface area contributed by atoms with E-state index in [1.165, 1.54) is 12.1 Å². The fourth-order valence-corrected chi connectivity index (χ4v) is 4.94. The van der Waals surface area contributed by atoms with Crippen LogP contribution in [0.25, 0.3) is 34.3 Å². The largest absolute Gasteiger partial charge is 0.508 e. The van der Waals surface area contributed by atoms with Gasteiger partial charge in [-0.25, -0.2) is 9.37 Å². The number of aromatic amines is 1. The number of aryl methyl sites for hydroxylation is 1. The number of benzene rings is 3. The molecule has 0 aliphatic carbocycles. The second-order valence-corrected chi connectivity index (χ2v) is 10.1. The van der Waals surface area contributed by atoms with E-state index >= 15 is 4.39 Å². The quantitative estimate of drug-likeness (QED) is 0.128. The first-order valence-corrected chi connectivity index (χ1v) is 13.9. The van der Waals surface area contributed by atoms with Gasteiger partial charge in [-0.15, -0.1) is 0 Å². The number of nitrogens with one attached hydrogen (secondary N) is 2. The van der Waals surface area contributed by atoms with E-state index in [2.05, 4.69) is 21.9 Å². The lowest BCUT2D eigenvalue weighted by Crippen LogP contribution is -2.28. The Balaban J connectivity index is 1.74. The van der Waals surface area contributed by atoms with Crippen LogP contribution in [0.5, 0.6) is 5.75 Å². The van der Waals surface area contributed by atoms with Crippen LogP contribution in [0.3, 0.4) is 0 Å². The Bertz CT molecular complexity index is 1690. The zero-order valence-electron chi connectivity index (χ0n) is 24.0. The molecule has 0 aliphatic rings. The van der Waals surface area contributed by atoms with E-state index in [1.54, 1.807) is 43.5 Å². The summed E-state index contributed by atoms with van der Waals surface area (Å²) in [6.07, 6.45) is 8.14. The molecule has 3 N–H and O–H groups in total. The first-order chi connectivity index (χ1) is 20.2. The number of nitrogens with zero attached hydrogens (tertiary/aromatic N) is 1. The monoisotopic (exact) mass is 585 g/mol. The molecular formula is C34H33ClFN3O3. The summed E-state index contributed by atoms with van der Waals surface area (Å²) in [6.45, 7) is 9.45. The summed E-state index contributed by atoms with van der Waals surface area (Å²) >= 11 is 6.12. The number of carbonyl (C=O) groups is 1. The fraction of sp³-hybridized carbons (Fsp3) is 0.176. The van der Waals surface area contributed by atoms with Crippen LogP contribution in [0.15, 0.2) is 79.4 Å². The fourth-order valence-electron chi connectivity index (χ4n) is 4.77. The third kappa shape index (κ3) is 6.47. The van der Waals surface area contributed by atoms with Crippen LogP contribution in [-0.2, 0) is 0 Å². The average molecular weight is 586 g/mol. The lowest BCUT2D eigenvalue weighted by atomic mass is 9.92. The molecule has 1 amide bonds. The zero-order chi connectivity index (χ0) is 30.4. The van der Waals surface area contributed by atoms with Gasteiger partial charge in [-0.3, -0.25) is 4.79 Å². The van der Waals surface area contributed by atoms with Gasteiger partial charge in [0.1, 0.15) is 23.2 Å². The number of H-pyrrole nitrogens is 1. The molecule has 0 aliphatic heterocycles. The highest BCUT2D eigenvalue weighted by atomic mass is 35.5. The highest BCUT2D eigenvalue weighted by Gasteiger charge is 2.23. The Morgan fingerprint density at radius 1 is 1.19 bits per heavy atom. The second-order valence-electron chi connectivity index (χ2n) is 9.67. The average Bonchev–Trinajstić information content (AvgIpc) is 3.35. The number of carbonyl (C=O) groups excluding carboxylic acids is 1. The number of allylic oxidation sites excluding steroid dienone is 3. The Labute approximate surface area is 250 Å². The van der Waals surface area contributed by atoms with Gasteiger partial charge in [0, 0.05) is 38.5 Å². The van der Waals surface area contributed by atoms with Crippen molar-refractivity contribution in [3.05, 3.63) is 118 Å². The van der Waals surface area contributed by atoms with Gasteiger partial charge in [-0.1, -0.05) is 67.6 Å². The van der Waals surface area contributed by atoms with E-state index in [-0.39, 0.29) is 34.4 Å². The highest BCUT2D eigenvalue weighted by molar-refractivity contribution is 6.30.